The number of ether oxygens (including phenoxy) is 1. The van der Waals surface area contributed by atoms with Gasteiger partial charge in [0.25, 0.3) is 6.04 Å². The van der Waals surface area contributed by atoms with Gasteiger partial charge in [0.1, 0.15) is 0 Å². The fourth-order valence-corrected chi connectivity index (χ4v) is 4.64. The number of ketones is 1. The van der Waals surface area contributed by atoms with E-state index in [0.717, 1.165) is 24.1 Å². The Morgan fingerprint density at radius 2 is 2.17 bits per heavy atom. The first-order valence-electron chi connectivity index (χ1n) is 7.84. The summed E-state index contributed by atoms with van der Waals surface area (Å²) in [7, 11) is 1.32. The predicted octanol–water partition coefficient (Wildman–Crippen LogP) is 2.60. The van der Waals surface area contributed by atoms with Crippen LogP contribution in [0.15, 0.2) is 6.20 Å². The summed E-state index contributed by atoms with van der Waals surface area (Å²) in [4.78, 5) is 28.0. The minimum Gasteiger partial charge on any atom is -0.451 e. The largest absolute Gasteiger partial charge is 0.451 e. The second kappa shape index (κ2) is 4.92. The number of carbonyl (C=O) groups excluding carboxylic acids is 2. The van der Waals surface area contributed by atoms with Crippen molar-refractivity contribution in [2.75, 3.05) is 7.11 Å². The number of carbonyl (C=O) groups is 2. The lowest BCUT2D eigenvalue weighted by Crippen LogP contribution is -2.56. The summed E-state index contributed by atoms with van der Waals surface area (Å²) >= 11 is 0. The summed E-state index contributed by atoms with van der Waals surface area (Å²) in [6, 6.07) is -0.638. The summed E-state index contributed by atoms with van der Waals surface area (Å²) in [5, 5.41) is 4.46. The number of methoxy groups -OCH3 is 1. The summed E-state index contributed by atoms with van der Waals surface area (Å²) in [5.74, 6) is 0.153. The number of fused-ring (bicyclic) bond motifs is 3. The maximum Gasteiger partial charge on any atom is 0.434 e. The fraction of sp³-hybridized carbons (Fsp3) is 0.647. The van der Waals surface area contributed by atoms with Crippen LogP contribution in [0.2, 0.25) is 0 Å². The van der Waals surface area contributed by atoms with E-state index in [0.29, 0.717) is 6.42 Å². The molecule has 0 N–H and O–H groups in total. The van der Waals surface area contributed by atoms with Crippen molar-refractivity contribution in [3.63, 3.8) is 0 Å². The maximum atomic E-state index is 12.6. The van der Waals surface area contributed by atoms with Crippen LogP contribution in [0.5, 0.6) is 0 Å². The molecule has 0 spiro atoms. The molecule has 23 heavy (non-hydrogen) atoms. The van der Waals surface area contributed by atoms with Crippen molar-refractivity contribution in [2.45, 2.75) is 51.5 Å². The molecule has 1 aromatic rings. The van der Waals surface area contributed by atoms with E-state index in [4.69, 9.17) is 11.3 Å². The van der Waals surface area contributed by atoms with E-state index in [1.165, 1.54) is 11.8 Å². The quantitative estimate of drug-likeness (QED) is 0.690. The van der Waals surface area contributed by atoms with Gasteiger partial charge in [-0.3, -0.25) is 4.79 Å². The lowest BCUT2D eigenvalue weighted by atomic mass is 9.50. The summed E-state index contributed by atoms with van der Waals surface area (Å²) in [6.07, 6.45) is 3.31. The standard InChI is InChI=1S/C17H21N3O3/c1-16(2)12-7-6-10-9-20(15(22)23-5)19-13(10)17(12,3)8-11(18-4)14(16)21/h9,11-12H,6-8H2,1-3,5H3/t11?,12-,17-/m0/s1. The SMILES string of the molecule is [C-]#[N+]C1C[C@]2(C)c3nn(C(=O)OC)cc3CC[C@H]2C(C)(C)C1=O. The van der Waals surface area contributed by atoms with E-state index < -0.39 is 17.6 Å². The van der Waals surface area contributed by atoms with Gasteiger partial charge in [0, 0.05) is 23.4 Å². The van der Waals surface area contributed by atoms with E-state index in [1.807, 2.05) is 13.8 Å². The lowest BCUT2D eigenvalue weighted by molar-refractivity contribution is -0.137. The number of aryl methyl sites for hydroxylation is 1. The number of Topliss-reactive ketones (excluding diaryl/α,β-unsaturated/α-hetero) is 1. The minimum atomic E-state index is -0.638. The molecule has 122 valence electrons. The third-order valence-corrected chi connectivity index (χ3v) is 5.75. The van der Waals surface area contributed by atoms with Gasteiger partial charge in [-0.25, -0.2) is 11.4 Å². The van der Waals surface area contributed by atoms with Gasteiger partial charge in [0.15, 0.2) is 0 Å². The molecule has 0 radical (unpaired) electrons. The van der Waals surface area contributed by atoms with Gasteiger partial charge in [-0.15, -0.1) is 0 Å². The number of rotatable bonds is 0. The third-order valence-electron chi connectivity index (χ3n) is 5.75. The zero-order valence-corrected chi connectivity index (χ0v) is 13.9. The molecule has 1 fully saturated rings. The van der Waals surface area contributed by atoms with Gasteiger partial charge >= 0.3 is 6.09 Å². The van der Waals surface area contributed by atoms with E-state index >= 15 is 0 Å². The highest BCUT2D eigenvalue weighted by atomic mass is 16.5. The molecular formula is C17H21N3O3. The van der Waals surface area contributed by atoms with E-state index in [2.05, 4.69) is 16.9 Å². The van der Waals surface area contributed by atoms with Gasteiger partial charge in [-0.1, -0.05) is 20.8 Å². The van der Waals surface area contributed by atoms with Crippen molar-refractivity contribution in [2.24, 2.45) is 11.3 Å². The first kappa shape index (κ1) is 15.7. The molecule has 1 unspecified atom stereocenters. The fourth-order valence-electron chi connectivity index (χ4n) is 4.64. The minimum absolute atomic E-state index is 0.0332. The monoisotopic (exact) mass is 315 g/mol. The topological polar surface area (TPSA) is 65.6 Å². The van der Waals surface area contributed by atoms with Crippen LogP contribution in [0.25, 0.3) is 4.85 Å². The molecule has 1 heterocycles. The van der Waals surface area contributed by atoms with Gasteiger partial charge in [0.05, 0.1) is 12.8 Å². The average molecular weight is 315 g/mol. The van der Waals surface area contributed by atoms with Crippen LogP contribution in [-0.4, -0.2) is 34.8 Å². The number of hydrogen-bond acceptors (Lipinski definition) is 4. The van der Waals surface area contributed by atoms with Gasteiger partial charge in [0.2, 0.25) is 5.78 Å². The van der Waals surface area contributed by atoms with Crippen LogP contribution in [0, 0.1) is 17.9 Å². The number of aromatic nitrogens is 2. The van der Waals surface area contributed by atoms with Crippen molar-refractivity contribution in [1.29, 1.82) is 0 Å². The molecule has 0 saturated heterocycles. The molecule has 0 aromatic carbocycles. The molecule has 0 amide bonds. The molecule has 6 nitrogen and oxygen atoms in total. The summed E-state index contributed by atoms with van der Waals surface area (Å²) in [5.41, 5.74) is 0.922. The van der Waals surface area contributed by atoms with E-state index in [9.17, 15) is 9.59 Å². The molecule has 3 rings (SSSR count). The van der Waals surface area contributed by atoms with Gasteiger partial charge in [-0.05, 0) is 24.3 Å². The smallest absolute Gasteiger partial charge is 0.434 e. The number of hydrogen-bond donors (Lipinski definition) is 0. The van der Waals surface area contributed by atoms with Gasteiger partial charge < -0.3 is 9.58 Å². The predicted molar refractivity (Wildman–Crippen MR) is 83.0 cm³/mol. The Balaban J connectivity index is 2.12. The van der Waals surface area contributed by atoms with Crippen LogP contribution < -0.4 is 0 Å². The second-order valence-corrected chi connectivity index (χ2v) is 7.36. The highest BCUT2D eigenvalue weighted by Crippen LogP contribution is 2.55. The zero-order chi connectivity index (χ0) is 17.0. The molecule has 3 atom stereocenters. The average Bonchev–Trinajstić information content (AvgIpc) is 2.96. The first-order valence-corrected chi connectivity index (χ1v) is 7.84. The Bertz CT molecular complexity index is 728. The Morgan fingerprint density at radius 1 is 1.48 bits per heavy atom. The Hall–Kier alpha value is -2.16. The van der Waals surface area contributed by atoms with Crippen molar-refractivity contribution in [1.82, 2.24) is 9.78 Å². The highest BCUT2D eigenvalue weighted by molar-refractivity contribution is 5.92. The normalized spacial score (nSPS) is 31.7. The molecular weight excluding hydrogens is 294 g/mol. The van der Waals surface area contributed by atoms with Crippen LogP contribution in [0.4, 0.5) is 4.79 Å². The van der Waals surface area contributed by atoms with Crippen molar-refractivity contribution in [3.8, 4) is 0 Å². The van der Waals surface area contributed by atoms with E-state index in [1.54, 1.807) is 6.20 Å². The Morgan fingerprint density at radius 3 is 2.78 bits per heavy atom. The highest BCUT2D eigenvalue weighted by Gasteiger charge is 2.60. The van der Waals surface area contributed by atoms with Crippen LogP contribution in [-0.2, 0) is 21.4 Å². The molecule has 0 bridgehead atoms. The first-order chi connectivity index (χ1) is 10.8. The van der Waals surface area contributed by atoms with Crippen molar-refractivity contribution < 1.29 is 14.3 Å². The van der Waals surface area contributed by atoms with Crippen LogP contribution >= 0.6 is 0 Å². The molecule has 1 aromatic heterocycles. The van der Waals surface area contributed by atoms with Gasteiger partial charge in [-0.2, -0.15) is 9.78 Å². The molecule has 6 heteroatoms. The molecule has 1 saturated carbocycles. The van der Waals surface area contributed by atoms with Crippen molar-refractivity contribution in [3.05, 3.63) is 28.9 Å². The third kappa shape index (κ3) is 2.03. The van der Waals surface area contributed by atoms with E-state index in [-0.39, 0.29) is 17.1 Å². The summed E-state index contributed by atoms with van der Waals surface area (Å²) in [6.45, 7) is 13.4. The zero-order valence-electron chi connectivity index (χ0n) is 13.9. The molecule has 2 aliphatic rings. The molecule has 0 aliphatic heterocycles. The van der Waals surface area contributed by atoms with Crippen LogP contribution in [0.1, 0.15) is 44.9 Å². The van der Waals surface area contributed by atoms with Crippen molar-refractivity contribution >= 4 is 11.9 Å². The van der Waals surface area contributed by atoms with Crippen LogP contribution in [0.3, 0.4) is 0 Å². The second-order valence-electron chi connectivity index (χ2n) is 7.36. The Labute approximate surface area is 135 Å². The lowest BCUT2D eigenvalue weighted by Gasteiger charge is -2.51. The maximum absolute atomic E-state index is 12.6. The molecule has 2 aliphatic carbocycles. The number of nitrogens with zero attached hydrogens (tertiary/aromatic N) is 3. The Kier molecular flexibility index (Phi) is 3.36. The summed E-state index contributed by atoms with van der Waals surface area (Å²) < 4.78 is 5.97.